The molecule has 8 heteroatoms. The molecule has 8 nitrogen and oxygen atoms in total. The van der Waals surface area contributed by atoms with Crippen molar-refractivity contribution in [3.63, 3.8) is 0 Å². The summed E-state index contributed by atoms with van der Waals surface area (Å²) in [5, 5.41) is 14.9. The Morgan fingerprint density at radius 2 is 1.78 bits per heavy atom. The lowest BCUT2D eigenvalue weighted by molar-refractivity contribution is -0.384. The van der Waals surface area contributed by atoms with Crippen molar-refractivity contribution in [1.82, 2.24) is 19.5 Å². The number of benzene rings is 2. The highest BCUT2D eigenvalue weighted by molar-refractivity contribution is 5.79. The van der Waals surface area contributed by atoms with Gasteiger partial charge in [0.1, 0.15) is 12.7 Å². The number of anilines is 2. The number of para-hydroxylation sites is 2. The molecule has 4 rings (SSSR count). The van der Waals surface area contributed by atoms with Gasteiger partial charge in [-0.25, -0.2) is 15.0 Å². The maximum absolute atomic E-state index is 11.8. The van der Waals surface area contributed by atoms with E-state index in [1.807, 2.05) is 56.3 Å². The predicted molar refractivity (Wildman–Crippen MR) is 103 cm³/mol. The van der Waals surface area contributed by atoms with E-state index < -0.39 is 4.92 Å². The van der Waals surface area contributed by atoms with Crippen LogP contribution in [0.2, 0.25) is 0 Å². The fourth-order valence-electron chi connectivity index (χ4n) is 3.12. The molecule has 0 aliphatic carbocycles. The highest BCUT2D eigenvalue weighted by Gasteiger charge is 2.25. The van der Waals surface area contributed by atoms with E-state index in [0.29, 0.717) is 0 Å². The summed E-state index contributed by atoms with van der Waals surface area (Å²) < 4.78 is 1.60. The van der Waals surface area contributed by atoms with E-state index in [2.05, 4.69) is 20.3 Å². The van der Waals surface area contributed by atoms with Crippen LogP contribution in [0.5, 0.6) is 0 Å². The summed E-state index contributed by atoms with van der Waals surface area (Å²) in [5.74, 6) is 0.295. The van der Waals surface area contributed by atoms with E-state index in [0.717, 1.165) is 27.8 Å². The van der Waals surface area contributed by atoms with E-state index in [1.165, 1.54) is 12.7 Å². The molecule has 27 heavy (non-hydrogen) atoms. The monoisotopic (exact) mass is 360 g/mol. The first kappa shape index (κ1) is 16.6. The Labute approximate surface area is 154 Å². The maximum atomic E-state index is 11.8. The van der Waals surface area contributed by atoms with Crippen LogP contribution in [0, 0.1) is 24.0 Å². The lowest BCUT2D eigenvalue weighted by Crippen LogP contribution is -2.07. The molecule has 0 saturated heterocycles. The highest BCUT2D eigenvalue weighted by atomic mass is 16.6. The van der Waals surface area contributed by atoms with Crippen molar-refractivity contribution in [2.75, 3.05) is 5.32 Å². The fraction of sp³-hybridized carbons (Fsp3) is 0.105. The summed E-state index contributed by atoms with van der Waals surface area (Å²) >= 11 is 0. The van der Waals surface area contributed by atoms with Crippen LogP contribution in [0.4, 0.5) is 17.2 Å². The zero-order chi connectivity index (χ0) is 19.0. The summed E-state index contributed by atoms with van der Waals surface area (Å²) in [6.45, 7) is 3.94. The second kappa shape index (κ2) is 6.49. The first-order chi connectivity index (χ1) is 13.0. The number of aromatic nitrogens is 4. The number of rotatable bonds is 4. The van der Waals surface area contributed by atoms with Crippen molar-refractivity contribution in [2.24, 2.45) is 0 Å². The van der Waals surface area contributed by atoms with E-state index in [4.69, 9.17) is 0 Å². The van der Waals surface area contributed by atoms with Crippen molar-refractivity contribution < 1.29 is 4.92 Å². The van der Waals surface area contributed by atoms with E-state index in [9.17, 15) is 10.1 Å². The number of aryl methyl sites for hydroxylation is 2. The zero-order valence-corrected chi connectivity index (χ0v) is 14.7. The van der Waals surface area contributed by atoms with Gasteiger partial charge in [-0.1, -0.05) is 18.2 Å². The second-order valence-corrected chi connectivity index (χ2v) is 6.26. The van der Waals surface area contributed by atoms with Gasteiger partial charge in [0, 0.05) is 5.69 Å². The van der Waals surface area contributed by atoms with Gasteiger partial charge in [-0.3, -0.25) is 14.7 Å². The van der Waals surface area contributed by atoms with Crippen LogP contribution in [0.25, 0.3) is 16.9 Å². The molecule has 0 bridgehead atoms. The molecule has 1 N–H and O–H groups in total. The van der Waals surface area contributed by atoms with Crippen LogP contribution in [0.15, 0.2) is 55.1 Å². The number of nitrogens with one attached hydrogen (secondary N) is 1. The van der Waals surface area contributed by atoms with Crippen LogP contribution in [0.1, 0.15) is 11.1 Å². The smallest absolute Gasteiger partial charge is 0.334 e. The first-order valence-corrected chi connectivity index (χ1v) is 8.30. The van der Waals surface area contributed by atoms with Gasteiger partial charge in [0.15, 0.2) is 0 Å². The maximum Gasteiger partial charge on any atom is 0.354 e. The number of hydrogen-bond acceptors (Lipinski definition) is 6. The summed E-state index contributed by atoms with van der Waals surface area (Å²) in [6, 6.07) is 13.2. The Bertz CT molecular complexity index is 1150. The largest absolute Gasteiger partial charge is 0.354 e. The summed E-state index contributed by atoms with van der Waals surface area (Å²) in [6.07, 6.45) is 2.84. The third-order valence-electron chi connectivity index (χ3n) is 4.15. The molecule has 0 unspecified atom stereocenters. The highest BCUT2D eigenvalue weighted by Crippen LogP contribution is 2.32. The van der Waals surface area contributed by atoms with Gasteiger partial charge in [-0.15, -0.1) is 0 Å². The average Bonchev–Trinajstić information content (AvgIpc) is 3.04. The Morgan fingerprint density at radius 1 is 1.04 bits per heavy atom. The molecule has 0 fully saturated rings. The van der Waals surface area contributed by atoms with Gasteiger partial charge in [0.2, 0.25) is 11.6 Å². The minimum atomic E-state index is -0.477. The standard InChI is InChI=1S/C19H16N6O2/c1-12-7-13(2)9-14(8-12)23-18-17(25(26)27)19(21-10-20-18)24-11-22-15-5-3-4-6-16(15)24/h3-11H,1-2H3,(H,20,21,23). The third-order valence-corrected chi connectivity index (χ3v) is 4.15. The SMILES string of the molecule is Cc1cc(C)cc(Nc2ncnc(-n3cnc4ccccc43)c2[N+](=O)[O-])c1. The zero-order valence-electron chi connectivity index (χ0n) is 14.7. The Kier molecular flexibility index (Phi) is 4.00. The summed E-state index contributed by atoms with van der Waals surface area (Å²) in [4.78, 5) is 23.9. The van der Waals surface area contributed by atoms with Gasteiger partial charge in [0.25, 0.3) is 0 Å². The van der Waals surface area contributed by atoms with Crippen molar-refractivity contribution >= 4 is 28.2 Å². The minimum absolute atomic E-state index is 0.132. The fourth-order valence-corrected chi connectivity index (χ4v) is 3.12. The Hall–Kier alpha value is -3.81. The van der Waals surface area contributed by atoms with Crippen LogP contribution in [0.3, 0.4) is 0 Å². The molecule has 0 aliphatic rings. The normalized spacial score (nSPS) is 10.9. The molecule has 134 valence electrons. The molecule has 2 aromatic heterocycles. The van der Waals surface area contributed by atoms with Crippen LogP contribution >= 0.6 is 0 Å². The Balaban J connectivity index is 1.87. The number of nitro groups is 1. The predicted octanol–water partition coefficient (Wildman–Crippen LogP) is 4.08. The molecule has 4 aromatic rings. The van der Waals surface area contributed by atoms with Crippen molar-refractivity contribution in [3.05, 3.63) is 76.4 Å². The van der Waals surface area contributed by atoms with Crippen molar-refractivity contribution in [3.8, 4) is 5.82 Å². The van der Waals surface area contributed by atoms with Gasteiger partial charge >= 0.3 is 5.69 Å². The molecule has 0 atom stereocenters. The molecule has 0 aliphatic heterocycles. The lowest BCUT2D eigenvalue weighted by atomic mass is 10.1. The first-order valence-electron chi connectivity index (χ1n) is 8.30. The molecule has 0 spiro atoms. The molecular formula is C19H16N6O2. The quantitative estimate of drug-likeness (QED) is 0.435. The molecule has 2 heterocycles. The second-order valence-electron chi connectivity index (χ2n) is 6.26. The van der Waals surface area contributed by atoms with Crippen molar-refractivity contribution in [2.45, 2.75) is 13.8 Å². The number of hydrogen-bond donors (Lipinski definition) is 1. The lowest BCUT2D eigenvalue weighted by Gasteiger charge is -2.10. The van der Waals surface area contributed by atoms with Crippen LogP contribution in [-0.2, 0) is 0 Å². The minimum Gasteiger partial charge on any atom is -0.334 e. The van der Waals surface area contributed by atoms with E-state index in [1.54, 1.807) is 4.57 Å². The summed E-state index contributed by atoms with van der Waals surface area (Å²) in [7, 11) is 0. The summed E-state index contributed by atoms with van der Waals surface area (Å²) in [5.41, 5.74) is 4.09. The van der Waals surface area contributed by atoms with Crippen molar-refractivity contribution in [1.29, 1.82) is 0 Å². The molecule has 0 saturated carbocycles. The number of nitrogens with zero attached hydrogens (tertiary/aromatic N) is 5. The average molecular weight is 360 g/mol. The van der Waals surface area contributed by atoms with Gasteiger partial charge < -0.3 is 5.32 Å². The third kappa shape index (κ3) is 3.08. The molecular weight excluding hydrogens is 344 g/mol. The van der Waals surface area contributed by atoms with E-state index in [-0.39, 0.29) is 17.3 Å². The number of fused-ring (bicyclic) bond motifs is 1. The molecule has 0 radical (unpaired) electrons. The molecule has 2 aromatic carbocycles. The Morgan fingerprint density at radius 3 is 2.52 bits per heavy atom. The topological polar surface area (TPSA) is 98.8 Å². The van der Waals surface area contributed by atoms with E-state index >= 15 is 0 Å². The number of imidazole rings is 1. The van der Waals surface area contributed by atoms with Gasteiger partial charge in [-0.2, -0.15) is 0 Å². The van der Waals surface area contributed by atoms with Gasteiger partial charge in [0.05, 0.1) is 16.0 Å². The molecule has 0 amide bonds. The van der Waals surface area contributed by atoms with Crippen LogP contribution < -0.4 is 5.32 Å². The van der Waals surface area contributed by atoms with Gasteiger partial charge in [-0.05, 0) is 49.2 Å². The van der Waals surface area contributed by atoms with Crippen LogP contribution in [-0.4, -0.2) is 24.4 Å².